The zero-order valence-electron chi connectivity index (χ0n) is 13.0. The molecule has 0 saturated carbocycles. The molecule has 116 valence electrons. The summed E-state index contributed by atoms with van der Waals surface area (Å²) in [6.07, 6.45) is 2.25. The predicted octanol–water partition coefficient (Wildman–Crippen LogP) is 2.65. The average Bonchev–Trinajstić information content (AvgIpc) is 2.44. The van der Waals surface area contributed by atoms with E-state index in [2.05, 4.69) is 5.32 Å². The van der Waals surface area contributed by atoms with Crippen LogP contribution in [0.5, 0.6) is 0 Å². The van der Waals surface area contributed by atoms with Gasteiger partial charge in [-0.25, -0.2) is 4.79 Å². The van der Waals surface area contributed by atoms with Gasteiger partial charge in [-0.1, -0.05) is 26.0 Å². The molecular weight excluding hydrogens is 286 g/mol. The van der Waals surface area contributed by atoms with Crippen LogP contribution in [0.1, 0.15) is 26.3 Å². The molecule has 0 heterocycles. The fourth-order valence-corrected chi connectivity index (χ4v) is 2.18. The molecule has 5 heteroatoms. The average molecular weight is 309 g/mol. The molecule has 0 aliphatic rings. The maximum Gasteiger partial charge on any atom is 0.328 e. The van der Waals surface area contributed by atoms with Crippen LogP contribution >= 0.6 is 11.8 Å². The van der Waals surface area contributed by atoms with Crippen molar-refractivity contribution in [3.63, 3.8) is 0 Å². The van der Waals surface area contributed by atoms with Crippen LogP contribution in [0.2, 0.25) is 0 Å². The lowest BCUT2D eigenvalue weighted by Crippen LogP contribution is -2.40. The molecule has 0 spiro atoms. The number of carbonyl (C=O) groups excluding carboxylic acids is 2. The lowest BCUT2D eigenvalue weighted by Gasteiger charge is -2.14. The lowest BCUT2D eigenvalue weighted by atomic mass is 10.1. The van der Waals surface area contributed by atoms with E-state index in [1.165, 1.54) is 0 Å². The molecule has 1 rings (SSSR count). The number of benzene rings is 1. The highest BCUT2D eigenvalue weighted by atomic mass is 32.2. The van der Waals surface area contributed by atoms with E-state index in [1.807, 2.05) is 44.4 Å². The highest BCUT2D eigenvalue weighted by Crippen LogP contribution is 2.16. The smallest absolute Gasteiger partial charge is 0.328 e. The first-order chi connectivity index (χ1) is 9.92. The topological polar surface area (TPSA) is 55.4 Å². The summed E-state index contributed by atoms with van der Waals surface area (Å²) in [5.74, 6) is -0.289. The Morgan fingerprint density at radius 2 is 2.00 bits per heavy atom. The van der Waals surface area contributed by atoms with Gasteiger partial charge < -0.3 is 10.1 Å². The number of carbonyl (C=O) groups is 2. The van der Waals surface area contributed by atoms with Gasteiger partial charge in [-0.3, -0.25) is 4.79 Å². The first kappa shape index (κ1) is 17.6. The van der Waals surface area contributed by atoms with Crippen LogP contribution in [-0.2, 0) is 20.7 Å². The van der Waals surface area contributed by atoms with Crippen LogP contribution in [0.4, 0.5) is 0 Å². The van der Waals surface area contributed by atoms with E-state index < -0.39 is 12.0 Å². The number of amides is 1. The molecule has 0 aliphatic heterocycles. The number of nitrogens with one attached hydrogen (secondary N) is 1. The maximum atomic E-state index is 11.9. The molecule has 21 heavy (non-hydrogen) atoms. The van der Waals surface area contributed by atoms with E-state index in [-0.39, 0.29) is 18.2 Å². The van der Waals surface area contributed by atoms with Crippen molar-refractivity contribution in [2.24, 2.45) is 5.92 Å². The third-order valence-electron chi connectivity index (χ3n) is 2.79. The Labute approximate surface area is 130 Å². The molecule has 1 aromatic carbocycles. The van der Waals surface area contributed by atoms with Crippen molar-refractivity contribution in [2.45, 2.75) is 38.1 Å². The summed E-state index contributed by atoms with van der Waals surface area (Å²) in [5, 5.41) is 2.67. The first-order valence-electron chi connectivity index (χ1n) is 7.01. The molecule has 1 atom stereocenters. The second kappa shape index (κ2) is 8.72. The standard InChI is InChI=1S/C16H23NO3S/c1-11(2)10-20-16(19)12(3)17-15(18)9-13-6-5-7-14(8-13)21-4/h5-8,11-12H,9-10H2,1-4H3,(H,17,18)/t12-/m0/s1. The molecule has 1 aromatic rings. The summed E-state index contributed by atoms with van der Waals surface area (Å²) in [4.78, 5) is 24.8. The van der Waals surface area contributed by atoms with Gasteiger partial charge in [-0.05, 0) is 36.8 Å². The van der Waals surface area contributed by atoms with E-state index in [1.54, 1.807) is 18.7 Å². The molecule has 1 amide bonds. The second-order valence-electron chi connectivity index (χ2n) is 5.34. The van der Waals surface area contributed by atoms with Crippen LogP contribution < -0.4 is 5.32 Å². The minimum absolute atomic E-state index is 0.178. The van der Waals surface area contributed by atoms with Crippen molar-refractivity contribution in [3.05, 3.63) is 29.8 Å². The molecule has 4 nitrogen and oxygen atoms in total. The number of hydrogen-bond donors (Lipinski definition) is 1. The third kappa shape index (κ3) is 6.67. The Morgan fingerprint density at radius 3 is 2.62 bits per heavy atom. The minimum Gasteiger partial charge on any atom is -0.464 e. The third-order valence-corrected chi connectivity index (χ3v) is 3.51. The van der Waals surface area contributed by atoms with Gasteiger partial charge in [0, 0.05) is 4.90 Å². The quantitative estimate of drug-likeness (QED) is 0.621. The van der Waals surface area contributed by atoms with Gasteiger partial charge in [0.15, 0.2) is 0 Å². The Hall–Kier alpha value is -1.49. The van der Waals surface area contributed by atoms with E-state index in [0.29, 0.717) is 6.61 Å². The van der Waals surface area contributed by atoms with Crippen LogP contribution in [0.15, 0.2) is 29.2 Å². The molecule has 0 fully saturated rings. The Kier molecular flexibility index (Phi) is 7.29. The number of ether oxygens (including phenoxy) is 1. The molecule has 0 aromatic heterocycles. The fraction of sp³-hybridized carbons (Fsp3) is 0.500. The van der Waals surface area contributed by atoms with Gasteiger partial charge in [0.2, 0.25) is 5.91 Å². The van der Waals surface area contributed by atoms with Gasteiger partial charge in [0.1, 0.15) is 6.04 Å². The van der Waals surface area contributed by atoms with Crippen molar-refractivity contribution in [3.8, 4) is 0 Å². The summed E-state index contributed by atoms with van der Waals surface area (Å²) in [6, 6.07) is 7.18. The summed E-state index contributed by atoms with van der Waals surface area (Å²) in [7, 11) is 0. The van der Waals surface area contributed by atoms with Crippen LogP contribution in [0.3, 0.4) is 0 Å². The Balaban J connectivity index is 2.47. The summed E-state index contributed by atoms with van der Waals surface area (Å²) >= 11 is 1.63. The van der Waals surface area contributed by atoms with Crippen LogP contribution in [0.25, 0.3) is 0 Å². The first-order valence-corrected chi connectivity index (χ1v) is 8.23. The van der Waals surface area contributed by atoms with Crippen LogP contribution in [0, 0.1) is 5.92 Å². The molecular formula is C16H23NO3S. The molecule has 0 unspecified atom stereocenters. The van der Waals surface area contributed by atoms with Gasteiger partial charge in [-0.15, -0.1) is 11.8 Å². The van der Waals surface area contributed by atoms with Crippen molar-refractivity contribution in [1.82, 2.24) is 5.32 Å². The summed E-state index contributed by atoms with van der Waals surface area (Å²) in [5.41, 5.74) is 0.932. The normalized spacial score (nSPS) is 12.0. The minimum atomic E-state index is -0.625. The van der Waals surface area contributed by atoms with Crippen molar-refractivity contribution < 1.29 is 14.3 Å². The molecule has 0 saturated heterocycles. The molecule has 0 bridgehead atoms. The molecule has 0 radical (unpaired) electrons. The second-order valence-corrected chi connectivity index (χ2v) is 6.22. The molecule has 0 aliphatic carbocycles. The number of rotatable bonds is 7. The predicted molar refractivity (Wildman–Crippen MR) is 85.3 cm³/mol. The zero-order valence-corrected chi connectivity index (χ0v) is 13.8. The maximum absolute atomic E-state index is 11.9. The van der Waals surface area contributed by atoms with Crippen molar-refractivity contribution in [1.29, 1.82) is 0 Å². The van der Waals surface area contributed by atoms with E-state index in [4.69, 9.17) is 4.74 Å². The van der Waals surface area contributed by atoms with Gasteiger partial charge in [0.05, 0.1) is 13.0 Å². The van der Waals surface area contributed by atoms with E-state index >= 15 is 0 Å². The summed E-state index contributed by atoms with van der Waals surface area (Å²) in [6.45, 7) is 5.94. The highest BCUT2D eigenvalue weighted by Gasteiger charge is 2.17. The summed E-state index contributed by atoms with van der Waals surface area (Å²) < 4.78 is 5.10. The van der Waals surface area contributed by atoms with E-state index in [0.717, 1.165) is 10.5 Å². The number of esters is 1. The number of thioether (sulfide) groups is 1. The van der Waals surface area contributed by atoms with Crippen molar-refractivity contribution >= 4 is 23.6 Å². The Morgan fingerprint density at radius 1 is 1.29 bits per heavy atom. The largest absolute Gasteiger partial charge is 0.464 e. The number of hydrogen-bond acceptors (Lipinski definition) is 4. The van der Waals surface area contributed by atoms with Crippen LogP contribution in [-0.4, -0.2) is 30.8 Å². The SMILES string of the molecule is CSc1cccc(CC(=O)N[C@@H](C)C(=O)OCC(C)C)c1. The Bertz CT molecular complexity index is 488. The zero-order chi connectivity index (χ0) is 15.8. The van der Waals surface area contributed by atoms with Crippen molar-refractivity contribution in [2.75, 3.05) is 12.9 Å². The lowest BCUT2D eigenvalue weighted by molar-refractivity contribution is -0.148. The van der Waals surface area contributed by atoms with Gasteiger partial charge >= 0.3 is 5.97 Å². The van der Waals surface area contributed by atoms with E-state index in [9.17, 15) is 9.59 Å². The fourth-order valence-electron chi connectivity index (χ4n) is 1.69. The highest BCUT2D eigenvalue weighted by molar-refractivity contribution is 7.98. The molecule has 1 N–H and O–H groups in total. The van der Waals surface area contributed by atoms with Gasteiger partial charge in [0.25, 0.3) is 0 Å². The van der Waals surface area contributed by atoms with Gasteiger partial charge in [-0.2, -0.15) is 0 Å². The monoisotopic (exact) mass is 309 g/mol.